The van der Waals surface area contributed by atoms with Gasteiger partial charge in [-0.3, -0.25) is 0 Å². The molecule has 2 aliphatic rings. The van der Waals surface area contributed by atoms with Crippen LogP contribution in [0.4, 0.5) is 0 Å². The largest absolute Gasteiger partial charge is 0.314 e. The van der Waals surface area contributed by atoms with Crippen molar-refractivity contribution in [1.29, 1.82) is 0 Å². The Labute approximate surface area is 63.2 Å². The second-order valence-electron chi connectivity index (χ2n) is 4.01. The first kappa shape index (κ1) is 6.66. The topological polar surface area (TPSA) is 12.0 Å². The molecular formula is C9H17N. The van der Waals surface area contributed by atoms with E-state index < -0.39 is 0 Å². The number of piperidine rings is 1. The van der Waals surface area contributed by atoms with Crippen LogP contribution in [0.2, 0.25) is 0 Å². The van der Waals surface area contributed by atoms with Crippen LogP contribution in [-0.4, -0.2) is 12.6 Å². The van der Waals surface area contributed by atoms with Crippen LogP contribution in [0.25, 0.3) is 0 Å². The first-order valence-electron chi connectivity index (χ1n) is 4.58. The summed E-state index contributed by atoms with van der Waals surface area (Å²) in [6.07, 6.45) is 7.27. The summed E-state index contributed by atoms with van der Waals surface area (Å²) in [6.45, 7) is 3.57. The van der Waals surface area contributed by atoms with Gasteiger partial charge in [0.2, 0.25) is 0 Å². The Hall–Kier alpha value is -0.0400. The van der Waals surface area contributed by atoms with Crippen LogP contribution in [0.15, 0.2) is 0 Å². The fraction of sp³-hybridized carbons (Fsp3) is 1.00. The molecular weight excluding hydrogens is 122 g/mol. The van der Waals surface area contributed by atoms with Gasteiger partial charge in [0.05, 0.1) is 0 Å². The van der Waals surface area contributed by atoms with Gasteiger partial charge in [0.25, 0.3) is 0 Å². The van der Waals surface area contributed by atoms with E-state index in [9.17, 15) is 0 Å². The fourth-order valence-electron chi connectivity index (χ4n) is 2.16. The molecule has 0 bridgehead atoms. The van der Waals surface area contributed by atoms with Gasteiger partial charge in [-0.25, -0.2) is 0 Å². The second kappa shape index (κ2) is 2.23. The zero-order valence-corrected chi connectivity index (χ0v) is 6.82. The van der Waals surface area contributed by atoms with Gasteiger partial charge in [-0.05, 0) is 44.1 Å². The minimum absolute atomic E-state index is 0.839. The van der Waals surface area contributed by atoms with E-state index in [-0.39, 0.29) is 0 Å². The second-order valence-corrected chi connectivity index (χ2v) is 4.01. The zero-order valence-electron chi connectivity index (χ0n) is 6.82. The third-order valence-electron chi connectivity index (χ3n) is 3.22. The van der Waals surface area contributed by atoms with E-state index >= 15 is 0 Å². The highest BCUT2D eigenvalue weighted by Crippen LogP contribution is 2.53. The molecule has 0 amide bonds. The van der Waals surface area contributed by atoms with Crippen molar-refractivity contribution in [3.63, 3.8) is 0 Å². The lowest BCUT2D eigenvalue weighted by atomic mass is 9.88. The molecule has 1 saturated heterocycles. The Morgan fingerprint density at radius 3 is 2.80 bits per heavy atom. The smallest absolute Gasteiger partial charge is 0.00697 e. The number of rotatable bonds is 1. The predicted molar refractivity (Wildman–Crippen MR) is 43.0 cm³/mol. The van der Waals surface area contributed by atoms with Crippen molar-refractivity contribution in [3.05, 3.63) is 0 Å². The first-order valence-corrected chi connectivity index (χ1v) is 4.58. The van der Waals surface area contributed by atoms with Gasteiger partial charge in [0, 0.05) is 6.04 Å². The molecule has 1 atom stereocenters. The highest BCUT2D eigenvalue weighted by Gasteiger charge is 2.45. The van der Waals surface area contributed by atoms with Crippen molar-refractivity contribution in [1.82, 2.24) is 5.32 Å². The average molecular weight is 139 g/mol. The molecule has 1 unspecified atom stereocenters. The van der Waals surface area contributed by atoms with Crippen LogP contribution in [0.5, 0.6) is 0 Å². The monoisotopic (exact) mass is 139 g/mol. The lowest BCUT2D eigenvalue weighted by molar-refractivity contribution is 0.278. The van der Waals surface area contributed by atoms with Crippen LogP contribution in [0.3, 0.4) is 0 Å². The third kappa shape index (κ3) is 1.07. The summed E-state index contributed by atoms with van der Waals surface area (Å²) in [5, 5.41) is 3.56. The van der Waals surface area contributed by atoms with Gasteiger partial charge in [-0.1, -0.05) is 6.92 Å². The van der Waals surface area contributed by atoms with Gasteiger partial charge in [-0.15, -0.1) is 0 Å². The van der Waals surface area contributed by atoms with E-state index in [1.54, 1.807) is 0 Å². The van der Waals surface area contributed by atoms with Gasteiger partial charge in [-0.2, -0.15) is 0 Å². The van der Waals surface area contributed by atoms with E-state index in [1.807, 2.05) is 0 Å². The Kier molecular flexibility index (Phi) is 1.48. The molecule has 1 nitrogen and oxygen atoms in total. The number of nitrogens with one attached hydrogen (secondary N) is 1. The molecule has 1 saturated carbocycles. The third-order valence-corrected chi connectivity index (χ3v) is 3.22. The average Bonchev–Trinajstić information content (AvgIpc) is 2.70. The van der Waals surface area contributed by atoms with Gasteiger partial charge >= 0.3 is 0 Å². The summed E-state index contributed by atoms with van der Waals surface area (Å²) in [7, 11) is 0. The standard InChI is InChI=1S/C9H17N/c1-2-8-7-9(3-4-9)5-6-10-8/h8,10H,2-7H2,1H3. The van der Waals surface area contributed by atoms with Crippen LogP contribution < -0.4 is 5.32 Å². The molecule has 2 fully saturated rings. The summed E-state index contributed by atoms with van der Waals surface area (Å²) < 4.78 is 0. The highest BCUT2D eigenvalue weighted by atomic mass is 14.9. The molecule has 10 heavy (non-hydrogen) atoms. The molecule has 1 aliphatic heterocycles. The van der Waals surface area contributed by atoms with Crippen molar-refractivity contribution >= 4 is 0 Å². The Balaban J connectivity index is 1.91. The van der Waals surface area contributed by atoms with Crippen LogP contribution in [-0.2, 0) is 0 Å². The molecule has 1 heteroatoms. The van der Waals surface area contributed by atoms with E-state index in [2.05, 4.69) is 12.2 Å². The van der Waals surface area contributed by atoms with Crippen LogP contribution in [0.1, 0.15) is 39.0 Å². The summed E-state index contributed by atoms with van der Waals surface area (Å²) in [6, 6.07) is 0.844. The van der Waals surface area contributed by atoms with Crippen molar-refractivity contribution < 1.29 is 0 Å². The van der Waals surface area contributed by atoms with Gasteiger partial charge < -0.3 is 5.32 Å². The fourth-order valence-corrected chi connectivity index (χ4v) is 2.16. The SMILES string of the molecule is CCC1CC2(CCN1)CC2. The minimum Gasteiger partial charge on any atom is -0.314 e. The maximum absolute atomic E-state index is 3.56. The Bertz CT molecular complexity index is 127. The molecule has 0 aromatic heterocycles. The van der Waals surface area contributed by atoms with Crippen LogP contribution >= 0.6 is 0 Å². The molecule has 0 radical (unpaired) electrons. The number of hydrogen-bond donors (Lipinski definition) is 1. The zero-order chi connectivity index (χ0) is 7.03. The van der Waals surface area contributed by atoms with Crippen molar-refractivity contribution in [3.8, 4) is 0 Å². The van der Waals surface area contributed by atoms with E-state index in [0.717, 1.165) is 11.5 Å². The summed E-state index contributed by atoms with van der Waals surface area (Å²) in [4.78, 5) is 0. The molecule has 0 aromatic rings. The maximum Gasteiger partial charge on any atom is 0.00697 e. The van der Waals surface area contributed by atoms with Gasteiger partial charge in [0.15, 0.2) is 0 Å². The molecule has 58 valence electrons. The highest BCUT2D eigenvalue weighted by molar-refractivity contribution is 4.98. The van der Waals surface area contributed by atoms with E-state index in [1.165, 1.54) is 38.6 Å². The number of hydrogen-bond acceptors (Lipinski definition) is 1. The normalized spacial score (nSPS) is 36.3. The first-order chi connectivity index (χ1) is 4.85. The van der Waals surface area contributed by atoms with Gasteiger partial charge in [0.1, 0.15) is 0 Å². The molecule has 1 aliphatic carbocycles. The predicted octanol–water partition coefficient (Wildman–Crippen LogP) is 1.93. The summed E-state index contributed by atoms with van der Waals surface area (Å²) >= 11 is 0. The quantitative estimate of drug-likeness (QED) is 0.585. The van der Waals surface area contributed by atoms with Crippen molar-refractivity contribution in [2.24, 2.45) is 5.41 Å². The molecule has 2 rings (SSSR count). The Morgan fingerprint density at radius 1 is 1.40 bits per heavy atom. The maximum atomic E-state index is 3.56. The Morgan fingerprint density at radius 2 is 2.20 bits per heavy atom. The summed E-state index contributed by atoms with van der Waals surface area (Å²) in [5.41, 5.74) is 0.839. The van der Waals surface area contributed by atoms with E-state index in [0.29, 0.717) is 0 Å². The van der Waals surface area contributed by atoms with Crippen molar-refractivity contribution in [2.45, 2.75) is 45.1 Å². The molecule has 1 heterocycles. The lowest BCUT2D eigenvalue weighted by Crippen LogP contribution is -2.38. The van der Waals surface area contributed by atoms with Crippen molar-refractivity contribution in [2.75, 3.05) is 6.54 Å². The lowest BCUT2D eigenvalue weighted by Gasteiger charge is -2.29. The molecule has 1 N–H and O–H groups in total. The van der Waals surface area contributed by atoms with E-state index in [4.69, 9.17) is 0 Å². The van der Waals surface area contributed by atoms with Crippen LogP contribution in [0, 0.1) is 5.41 Å². The molecule has 1 spiro atoms. The molecule has 0 aromatic carbocycles. The minimum atomic E-state index is 0.839. The summed E-state index contributed by atoms with van der Waals surface area (Å²) in [5.74, 6) is 0.